The highest BCUT2D eigenvalue weighted by Crippen LogP contribution is 2.38. The summed E-state index contributed by atoms with van der Waals surface area (Å²) in [5.74, 6) is 0. The summed E-state index contributed by atoms with van der Waals surface area (Å²) in [5.41, 5.74) is 1.76. The Morgan fingerprint density at radius 1 is 1.56 bits per heavy atom. The lowest BCUT2D eigenvalue weighted by Gasteiger charge is -2.30. The molecule has 1 nitrogen and oxygen atoms in total. The van der Waals surface area contributed by atoms with E-state index in [0.717, 1.165) is 4.34 Å². The van der Waals surface area contributed by atoms with E-state index in [2.05, 4.69) is 37.5 Å². The van der Waals surface area contributed by atoms with E-state index in [-0.39, 0.29) is 0 Å². The number of nitrogens with one attached hydrogen (secondary N) is 1. The highest BCUT2D eigenvalue weighted by Gasteiger charge is 2.34. The number of hydrogen-bond donors (Lipinski definition) is 1. The average molecular weight is 258 g/mol. The van der Waals surface area contributed by atoms with Gasteiger partial charge in [0.1, 0.15) is 0 Å². The summed E-state index contributed by atoms with van der Waals surface area (Å²) in [6.07, 6.45) is 3.98. The van der Waals surface area contributed by atoms with Crippen molar-refractivity contribution >= 4 is 22.9 Å². The minimum atomic E-state index is 0.408. The quantitative estimate of drug-likeness (QED) is 0.833. The summed E-state index contributed by atoms with van der Waals surface area (Å²) in [7, 11) is 0. The zero-order valence-electron chi connectivity index (χ0n) is 10.2. The van der Waals surface area contributed by atoms with Gasteiger partial charge in [0.05, 0.1) is 4.34 Å². The van der Waals surface area contributed by atoms with Crippen LogP contribution in [0.1, 0.15) is 51.6 Å². The highest BCUT2D eigenvalue weighted by molar-refractivity contribution is 7.14. The van der Waals surface area contributed by atoms with Gasteiger partial charge in [-0.25, -0.2) is 0 Å². The van der Waals surface area contributed by atoms with E-state index in [9.17, 15) is 0 Å². The van der Waals surface area contributed by atoms with E-state index in [0.29, 0.717) is 17.5 Å². The van der Waals surface area contributed by atoms with E-state index in [4.69, 9.17) is 11.6 Å². The van der Waals surface area contributed by atoms with Crippen molar-refractivity contribution < 1.29 is 0 Å². The molecule has 0 spiro atoms. The lowest BCUT2D eigenvalue weighted by molar-refractivity contribution is 0.266. The molecule has 0 aromatic carbocycles. The van der Waals surface area contributed by atoms with Gasteiger partial charge in [-0.1, -0.05) is 31.9 Å². The van der Waals surface area contributed by atoms with Crippen LogP contribution in [-0.2, 0) is 0 Å². The molecule has 0 aliphatic heterocycles. The lowest BCUT2D eigenvalue weighted by atomic mass is 9.87. The van der Waals surface area contributed by atoms with Gasteiger partial charge in [0, 0.05) is 12.1 Å². The van der Waals surface area contributed by atoms with Gasteiger partial charge >= 0.3 is 0 Å². The van der Waals surface area contributed by atoms with Gasteiger partial charge in [0.15, 0.2) is 0 Å². The van der Waals surface area contributed by atoms with Crippen molar-refractivity contribution in [3.05, 3.63) is 21.3 Å². The molecular formula is C13H20ClNS. The van der Waals surface area contributed by atoms with Crippen LogP contribution in [0.3, 0.4) is 0 Å². The molecule has 2 unspecified atom stereocenters. The SMILES string of the molecule is CC(NC1CCCC1(C)C)c1csc(Cl)c1. The Hall–Kier alpha value is -0.0500. The molecule has 3 heteroatoms. The maximum Gasteiger partial charge on any atom is 0.0931 e. The van der Waals surface area contributed by atoms with Crippen LogP contribution >= 0.6 is 22.9 Å². The Balaban J connectivity index is 1.99. The number of hydrogen-bond acceptors (Lipinski definition) is 2. The van der Waals surface area contributed by atoms with Crippen LogP contribution in [0.2, 0.25) is 4.34 Å². The third kappa shape index (κ3) is 2.61. The van der Waals surface area contributed by atoms with Gasteiger partial charge in [0.2, 0.25) is 0 Å². The van der Waals surface area contributed by atoms with Gasteiger partial charge in [-0.05, 0) is 42.2 Å². The molecule has 1 aliphatic carbocycles. The molecule has 1 N–H and O–H groups in total. The number of rotatable bonds is 3. The van der Waals surface area contributed by atoms with Crippen molar-refractivity contribution in [2.45, 2.75) is 52.1 Å². The van der Waals surface area contributed by atoms with Crippen molar-refractivity contribution in [2.75, 3.05) is 0 Å². The Bertz CT molecular complexity index is 359. The topological polar surface area (TPSA) is 12.0 Å². The molecule has 0 saturated heterocycles. The van der Waals surface area contributed by atoms with Crippen molar-refractivity contribution in [2.24, 2.45) is 5.41 Å². The maximum atomic E-state index is 5.97. The molecule has 0 radical (unpaired) electrons. The van der Waals surface area contributed by atoms with Gasteiger partial charge in [-0.15, -0.1) is 11.3 Å². The summed E-state index contributed by atoms with van der Waals surface area (Å²) in [6.45, 7) is 6.96. The summed E-state index contributed by atoms with van der Waals surface area (Å²) < 4.78 is 0.884. The Labute approximate surface area is 107 Å². The Morgan fingerprint density at radius 2 is 2.31 bits per heavy atom. The monoisotopic (exact) mass is 257 g/mol. The summed E-state index contributed by atoms with van der Waals surface area (Å²) >= 11 is 7.58. The molecule has 1 aliphatic rings. The van der Waals surface area contributed by atoms with Gasteiger partial charge in [-0.3, -0.25) is 0 Å². The fourth-order valence-electron chi connectivity index (χ4n) is 2.58. The van der Waals surface area contributed by atoms with E-state index >= 15 is 0 Å². The first-order chi connectivity index (χ1) is 7.49. The van der Waals surface area contributed by atoms with E-state index < -0.39 is 0 Å². The fraction of sp³-hybridized carbons (Fsp3) is 0.692. The van der Waals surface area contributed by atoms with Gasteiger partial charge in [-0.2, -0.15) is 0 Å². The smallest absolute Gasteiger partial charge is 0.0931 e. The summed E-state index contributed by atoms with van der Waals surface area (Å²) in [6, 6.07) is 3.12. The molecule has 0 bridgehead atoms. The first-order valence-corrected chi connectivity index (χ1v) is 7.25. The first-order valence-electron chi connectivity index (χ1n) is 5.99. The number of thiophene rings is 1. The Kier molecular flexibility index (Phi) is 3.62. The standard InChI is InChI=1S/C13H20ClNS/c1-9(10-7-12(14)16-8-10)15-11-5-4-6-13(11,2)3/h7-9,11,15H,4-6H2,1-3H3. The van der Waals surface area contributed by atoms with Crippen LogP contribution in [-0.4, -0.2) is 6.04 Å². The van der Waals surface area contributed by atoms with Crippen LogP contribution < -0.4 is 5.32 Å². The van der Waals surface area contributed by atoms with E-state index in [1.807, 2.05) is 0 Å². The van der Waals surface area contributed by atoms with Crippen molar-refractivity contribution in [1.29, 1.82) is 0 Å². The van der Waals surface area contributed by atoms with Crippen LogP contribution in [0, 0.1) is 5.41 Å². The van der Waals surface area contributed by atoms with Crippen LogP contribution in [0.25, 0.3) is 0 Å². The second kappa shape index (κ2) is 4.67. The zero-order chi connectivity index (χ0) is 11.8. The number of halogens is 1. The predicted octanol–water partition coefficient (Wildman–Crippen LogP) is 4.63. The normalized spacial score (nSPS) is 25.9. The maximum absolute atomic E-state index is 5.97. The molecule has 90 valence electrons. The Morgan fingerprint density at radius 3 is 2.81 bits per heavy atom. The molecule has 1 saturated carbocycles. The molecule has 1 fully saturated rings. The third-order valence-electron chi connectivity index (χ3n) is 3.80. The fourth-order valence-corrected chi connectivity index (χ4v) is 3.57. The highest BCUT2D eigenvalue weighted by atomic mass is 35.5. The largest absolute Gasteiger partial charge is 0.307 e. The van der Waals surface area contributed by atoms with Crippen LogP contribution in [0.5, 0.6) is 0 Å². The van der Waals surface area contributed by atoms with Crippen molar-refractivity contribution in [3.8, 4) is 0 Å². The molecule has 16 heavy (non-hydrogen) atoms. The minimum Gasteiger partial charge on any atom is -0.307 e. The molecule has 1 aromatic rings. The van der Waals surface area contributed by atoms with Crippen LogP contribution in [0.4, 0.5) is 0 Å². The van der Waals surface area contributed by atoms with E-state index in [1.165, 1.54) is 24.8 Å². The zero-order valence-corrected chi connectivity index (χ0v) is 11.8. The second-order valence-corrected chi connectivity index (χ2v) is 7.05. The lowest BCUT2D eigenvalue weighted by Crippen LogP contribution is -2.39. The van der Waals surface area contributed by atoms with Crippen molar-refractivity contribution in [3.63, 3.8) is 0 Å². The van der Waals surface area contributed by atoms with Gasteiger partial charge in [0.25, 0.3) is 0 Å². The predicted molar refractivity (Wildman–Crippen MR) is 72.3 cm³/mol. The molecule has 2 rings (SSSR count). The summed E-state index contributed by atoms with van der Waals surface area (Å²) in [4.78, 5) is 0. The van der Waals surface area contributed by atoms with Gasteiger partial charge < -0.3 is 5.32 Å². The second-order valence-electron chi connectivity index (χ2n) is 5.51. The van der Waals surface area contributed by atoms with Crippen LogP contribution in [0.15, 0.2) is 11.4 Å². The summed E-state index contributed by atoms with van der Waals surface area (Å²) in [5, 5.41) is 5.90. The molecule has 2 atom stereocenters. The molecule has 1 heterocycles. The molecule has 1 aromatic heterocycles. The van der Waals surface area contributed by atoms with Crippen molar-refractivity contribution in [1.82, 2.24) is 5.32 Å². The third-order valence-corrected chi connectivity index (χ3v) is 4.91. The van der Waals surface area contributed by atoms with E-state index in [1.54, 1.807) is 11.3 Å². The minimum absolute atomic E-state index is 0.408. The first kappa shape index (κ1) is 12.4. The molecular weight excluding hydrogens is 238 g/mol. The molecule has 0 amide bonds. The average Bonchev–Trinajstić information content (AvgIpc) is 2.74.